The number of hydrogen-bond donors (Lipinski definition) is 2. The van der Waals surface area contributed by atoms with E-state index in [1.165, 1.54) is 5.69 Å². The number of likely N-dealkylation sites (N-methyl/N-ethyl adjacent to an activating group) is 1. The number of anilines is 1. The molecular formula is C22H26N4O. The number of nitrogens with zero attached hydrogens (tertiary/aromatic N) is 2. The van der Waals surface area contributed by atoms with Crippen molar-refractivity contribution >= 4 is 22.5 Å². The second-order valence-corrected chi connectivity index (χ2v) is 7.32. The summed E-state index contributed by atoms with van der Waals surface area (Å²) in [6.45, 7) is 6.73. The number of fused-ring (bicyclic) bond motifs is 1. The molecular weight excluding hydrogens is 336 g/mol. The van der Waals surface area contributed by atoms with Gasteiger partial charge in [0.2, 0.25) is 0 Å². The average molecular weight is 362 g/mol. The van der Waals surface area contributed by atoms with Gasteiger partial charge in [0.1, 0.15) is 5.69 Å². The van der Waals surface area contributed by atoms with Crippen LogP contribution in [0.3, 0.4) is 0 Å². The van der Waals surface area contributed by atoms with E-state index in [-0.39, 0.29) is 5.91 Å². The molecule has 5 heteroatoms. The van der Waals surface area contributed by atoms with Crippen LogP contribution in [0.15, 0.2) is 48.5 Å². The van der Waals surface area contributed by atoms with Crippen molar-refractivity contribution in [2.75, 3.05) is 38.1 Å². The molecule has 0 spiro atoms. The lowest BCUT2D eigenvalue weighted by Gasteiger charge is -2.35. The van der Waals surface area contributed by atoms with Gasteiger partial charge in [-0.3, -0.25) is 4.79 Å². The quantitative estimate of drug-likeness (QED) is 0.750. The van der Waals surface area contributed by atoms with Gasteiger partial charge in [0, 0.05) is 49.3 Å². The van der Waals surface area contributed by atoms with Crippen molar-refractivity contribution in [1.82, 2.24) is 15.2 Å². The Morgan fingerprint density at radius 2 is 1.85 bits per heavy atom. The van der Waals surface area contributed by atoms with Crippen LogP contribution < -0.4 is 10.2 Å². The van der Waals surface area contributed by atoms with Crippen LogP contribution in [0.4, 0.5) is 5.69 Å². The molecule has 2 N–H and O–H groups in total. The first kappa shape index (κ1) is 17.6. The molecule has 27 heavy (non-hydrogen) atoms. The monoisotopic (exact) mass is 362 g/mol. The van der Waals surface area contributed by atoms with Gasteiger partial charge >= 0.3 is 0 Å². The molecule has 0 radical (unpaired) electrons. The number of piperazine rings is 1. The van der Waals surface area contributed by atoms with Gasteiger partial charge in [-0.1, -0.05) is 36.4 Å². The zero-order valence-electron chi connectivity index (χ0n) is 16.0. The molecule has 0 aliphatic carbocycles. The Morgan fingerprint density at radius 3 is 2.63 bits per heavy atom. The first-order valence-electron chi connectivity index (χ1n) is 9.50. The third-order valence-electron chi connectivity index (χ3n) is 5.38. The van der Waals surface area contributed by atoms with E-state index in [9.17, 15) is 4.79 Å². The van der Waals surface area contributed by atoms with Gasteiger partial charge in [-0.2, -0.15) is 0 Å². The van der Waals surface area contributed by atoms with Crippen molar-refractivity contribution in [2.45, 2.75) is 13.5 Å². The van der Waals surface area contributed by atoms with Gasteiger partial charge in [-0.25, -0.2) is 0 Å². The molecule has 0 unspecified atom stereocenters. The molecule has 0 saturated carbocycles. The van der Waals surface area contributed by atoms with Crippen LogP contribution in [-0.4, -0.2) is 49.0 Å². The molecule has 1 aliphatic heterocycles. The van der Waals surface area contributed by atoms with Crippen LogP contribution in [0.1, 0.15) is 21.6 Å². The summed E-state index contributed by atoms with van der Waals surface area (Å²) in [7, 11) is 2.16. The van der Waals surface area contributed by atoms with E-state index in [0.717, 1.165) is 48.2 Å². The summed E-state index contributed by atoms with van der Waals surface area (Å²) in [6, 6.07) is 16.4. The highest BCUT2D eigenvalue weighted by molar-refractivity contribution is 5.98. The number of benzene rings is 2. The number of para-hydroxylation sites is 2. The molecule has 140 valence electrons. The van der Waals surface area contributed by atoms with E-state index >= 15 is 0 Å². The van der Waals surface area contributed by atoms with Crippen LogP contribution in [0.25, 0.3) is 10.9 Å². The minimum Gasteiger partial charge on any atom is -0.369 e. The van der Waals surface area contributed by atoms with E-state index < -0.39 is 0 Å². The number of aryl methyl sites for hydroxylation is 1. The van der Waals surface area contributed by atoms with E-state index in [1.54, 1.807) is 0 Å². The van der Waals surface area contributed by atoms with E-state index in [4.69, 9.17) is 0 Å². The molecule has 1 aromatic heterocycles. The number of aromatic nitrogens is 1. The SMILES string of the molecule is Cc1cccc2cc(C(=O)NCc3ccccc3N3CCN(C)CC3)[nH]c12. The highest BCUT2D eigenvalue weighted by Crippen LogP contribution is 2.22. The second-order valence-electron chi connectivity index (χ2n) is 7.32. The largest absolute Gasteiger partial charge is 0.369 e. The normalized spacial score (nSPS) is 15.3. The summed E-state index contributed by atoms with van der Waals surface area (Å²) >= 11 is 0. The Morgan fingerprint density at radius 1 is 1.07 bits per heavy atom. The number of hydrogen-bond acceptors (Lipinski definition) is 3. The van der Waals surface area contributed by atoms with Crippen LogP contribution in [-0.2, 0) is 6.54 Å². The van der Waals surface area contributed by atoms with Crippen LogP contribution in [0, 0.1) is 6.92 Å². The van der Waals surface area contributed by atoms with Gasteiger partial charge in [0.05, 0.1) is 0 Å². The zero-order chi connectivity index (χ0) is 18.8. The predicted molar refractivity (Wildman–Crippen MR) is 110 cm³/mol. The van der Waals surface area contributed by atoms with Crippen molar-refractivity contribution in [3.8, 4) is 0 Å². The predicted octanol–water partition coefficient (Wildman–Crippen LogP) is 3.16. The topological polar surface area (TPSA) is 51.4 Å². The molecule has 4 rings (SSSR count). The van der Waals surface area contributed by atoms with Crippen LogP contribution >= 0.6 is 0 Å². The maximum atomic E-state index is 12.7. The van der Waals surface area contributed by atoms with Gasteiger partial charge in [-0.05, 0) is 37.2 Å². The molecule has 0 bridgehead atoms. The Balaban J connectivity index is 1.48. The van der Waals surface area contributed by atoms with Gasteiger partial charge < -0.3 is 20.1 Å². The zero-order valence-corrected chi connectivity index (χ0v) is 16.0. The number of amides is 1. The molecule has 0 atom stereocenters. The van der Waals surface area contributed by atoms with Crippen molar-refractivity contribution in [1.29, 1.82) is 0 Å². The Kier molecular flexibility index (Phi) is 4.86. The summed E-state index contributed by atoms with van der Waals surface area (Å²) in [6.07, 6.45) is 0. The summed E-state index contributed by atoms with van der Waals surface area (Å²) in [5.74, 6) is -0.0706. The highest BCUT2D eigenvalue weighted by atomic mass is 16.1. The highest BCUT2D eigenvalue weighted by Gasteiger charge is 2.17. The molecule has 1 amide bonds. The van der Waals surface area contributed by atoms with Gasteiger partial charge in [0.25, 0.3) is 5.91 Å². The standard InChI is InChI=1S/C22H26N4O/c1-16-6-5-8-17-14-19(24-21(16)17)22(27)23-15-18-7-3-4-9-20(18)26-12-10-25(2)11-13-26/h3-9,14,24H,10-13,15H2,1-2H3,(H,23,27). The average Bonchev–Trinajstić information content (AvgIpc) is 3.13. The van der Waals surface area contributed by atoms with Crippen molar-refractivity contribution in [3.05, 3.63) is 65.4 Å². The summed E-state index contributed by atoms with van der Waals surface area (Å²) < 4.78 is 0. The summed E-state index contributed by atoms with van der Waals surface area (Å²) in [5.41, 5.74) is 5.16. The number of rotatable bonds is 4. The lowest BCUT2D eigenvalue weighted by atomic mass is 10.1. The summed E-state index contributed by atoms with van der Waals surface area (Å²) in [4.78, 5) is 20.7. The minimum absolute atomic E-state index is 0.0706. The Hall–Kier alpha value is -2.79. The van der Waals surface area contributed by atoms with Crippen LogP contribution in [0.5, 0.6) is 0 Å². The number of carbonyl (C=O) groups excluding carboxylic acids is 1. The molecule has 5 nitrogen and oxygen atoms in total. The molecule has 1 saturated heterocycles. The van der Waals surface area contributed by atoms with Gasteiger partial charge in [0.15, 0.2) is 0 Å². The molecule has 1 aliphatic rings. The Labute approximate surface area is 160 Å². The van der Waals surface area contributed by atoms with E-state index in [2.05, 4.69) is 45.3 Å². The van der Waals surface area contributed by atoms with Crippen LogP contribution in [0.2, 0.25) is 0 Å². The maximum Gasteiger partial charge on any atom is 0.267 e. The first-order chi connectivity index (χ1) is 13.1. The molecule has 3 aromatic rings. The van der Waals surface area contributed by atoms with Crippen molar-refractivity contribution in [2.24, 2.45) is 0 Å². The number of H-pyrrole nitrogens is 1. The van der Waals surface area contributed by atoms with Crippen molar-refractivity contribution in [3.63, 3.8) is 0 Å². The molecule has 2 heterocycles. The summed E-state index contributed by atoms with van der Waals surface area (Å²) in [5, 5.41) is 4.14. The Bertz CT molecular complexity index is 954. The van der Waals surface area contributed by atoms with Crippen molar-refractivity contribution < 1.29 is 4.79 Å². The fourth-order valence-corrected chi connectivity index (χ4v) is 3.72. The fourth-order valence-electron chi connectivity index (χ4n) is 3.72. The third kappa shape index (κ3) is 3.69. The minimum atomic E-state index is -0.0706. The maximum absolute atomic E-state index is 12.7. The van der Waals surface area contributed by atoms with Gasteiger partial charge in [-0.15, -0.1) is 0 Å². The fraction of sp³-hybridized carbons (Fsp3) is 0.318. The first-order valence-corrected chi connectivity index (χ1v) is 9.50. The second kappa shape index (κ2) is 7.45. The number of nitrogens with one attached hydrogen (secondary N) is 2. The third-order valence-corrected chi connectivity index (χ3v) is 5.38. The smallest absolute Gasteiger partial charge is 0.267 e. The lowest BCUT2D eigenvalue weighted by molar-refractivity contribution is 0.0947. The lowest BCUT2D eigenvalue weighted by Crippen LogP contribution is -2.45. The molecule has 1 fully saturated rings. The number of aromatic amines is 1. The van der Waals surface area contributed by atoms with E-state index in [0.29, 0.717) is 12.2 Å². The molecule has 2 aromatic carbocycles. The number of carbonyl (C=O) groups is 1. The van der Waals surface area contributed by atoms with E-state index in [1.807, 2.05) is 37.3 Å².